The average molecular weight is 357 g/mol. The molecule has 0 aliphatic carbocycles. The zero-order valence-electron chi connectivity index (χ0n) is 14.1. The second-order valence-corrected chi connectivity index (χ2v) is 5.90. The van der Waals surface area contributed by atoms with E-state index < -0.39 is 0 Å². The first-order valence-corrected chi connectivity index (χ1v) is 8.25. The number of fused-ring (bicyclic) bond motifs is 1. The number of hydrogen-bond acceptors (Lipinski definition) is 4. The lowest BCUT2D eigenvalue weighted by Gasteiger charge is -2.08. The quantitative estimate of drug-likeness (QED) is 0.521. The monoisotopic (exact) mass is 357 g/mol. The van der Waals surface area contributed by atoms with Crippen LogP contribution in [0.2, 0.25) is 0 Å². The smallest absolute Gasteiger partial charge is 0.257 e. The Kier molecular flexibility index (Phi) is 4.32. The number of benzene rings is 2. The molecule has 0 saturated heterocycles. The number of carbonyl (C=O) groups excluding carboxylic acids is 2. The molecule has 0 aliphatic rings. The Labute approximate surface area is 154 Å². The van der Waals surface area contributed by atoms with Crippen LogP contribution in [0.15, 0.2) is 73.2 Å². The van der Waals surface area contributed by atoms with Crippen molar-refractivity contribution in [3.8, 4) is 0 Å². The van der Waals surface area contributed by atoms with E-state index in [1.807, 2.05) is 12.1 Å². The normalized spacial score (nSPS) is 10.5. The van der Waals surface area contributed by atoms with E-state index in [4.69, 9.17) is 0 Å². The van der Waals surface area contributed by atoms with Gasteiger partial charge >= 0.3 is 0 Å². The second kappa shape index (κ2) is 7.09. The average Bonchev–Trinajstić information content (AvgIpc) is 3.16. The highest BCUT2D eigenvalue weighted by Crippen LogP contribution is 2.18. The zero-order chi connectivity index (χ0) is 18.6. The number of pyridine rings is 1. The first-order valence-electron chi connectivity index (χ1n) is 8.25. The van der Waals surface area contributed by atoms with E-state index in [0.29, 0.717) is 22.5 Å². The number of nitrogens with one attached hydrogen (secondary N) is 3. The van der Waals surface area contributed by atoms with Crippen molar-refractivity contribution in [2.45, 2.75) is 0 Å². The van der Waals surface area contributed by atoms with E-state index in [0.717, 1.165) is 10.9 Å². The van der Waals surface area contributed by atoms with Gasteiger partial charge in [-0.1, -0.05) is 6.07 Å². The Morgan fingerprint density at radius 1 is 0.815 bits per heavy atom. The number of nitrogens with zero attached hydrogens (tertiary/aromatic N) is 2. The first kappa shape index (κ1) is 16.5. The summed E-state index contributed by atoms with van der Waals surface area (Å²) in [7, 11) is 0. The van der Waals surface area contributed by atoms with Gasteiger partial charge in [0.2, 0.25) is 0 Å². The van der Waals surface area contributed by atoms with Gasteiger partial charge in [-0.05, 0) is 48.5 Å². The molecule has 0 bridgehead atoms. The third-order valence-electron chi connectivity index (χ3n) is 4.00. The number of aromatic amines is 1. The molecule has 2 heterocycles. The van der Waals surface area contributed by atoms with E-state index in [2.05, 4.69) is 25.8 Å². The van der Waals surface area contributed by atoms with Crippen molar-refractivity contribution >= 4 is 34.1 Å². The molecule has 2 amide bonds. The molecule has 4 rings (SSSR count). The Balaban J connectivity index is 1.49. The minimum Gasteiger partial charge on any atom is -0.322 e. The van der Waals surface area contributed by atoms with Crippen LogP contribution >= 0.6 is 0 Å². The molecule has 0 fully saturated rings. The van der Waals surface area contributed by atoms with Crippen LogP contribution in [0.5, 0.6) is 0 Å². The predicted molar refractivity (Wildman–Crippen MR) is 103 cm³/mol. The van der Waals surface area contributed by atoms with Crippen LogP contribution in [-0.4, -0.2) is 27.0 Å². The van der Waals surface area contributed by atoms with Crippen molar-refractivity contribution in [3.05, 3.63) is 84.3 Å². The first-order chi connectivity index (χ1) is 13.2. The maximum Gasteiger partial charge on any atom is 0.257 e. The molecule has 4 aromatic rings. The molecule has 7 heteroatoms. The minimum absolute atomic E-state index is 0.268. The van der Waals surface area contributed by atoms with Crippen LogP contribution in [-0.2, 0) is 0 Å². The minimum atomic E-state index is -0.286. The fraction of sp³-hybridized carbons (Fsp3) is 0. The van der Waals surface area contributed by atoms with Crippen LogP contribution in [0.4, 0.5) is 11.4 Å². The largest absolute Gasteiger partial charge is 0.322 e. The van der Waals surface area contributed by atoms with E-state index in [-0.39, 0.29) is 11.8 Å². The van der Waals surface area contributed by atoms with Gasteiger partial charge in [0.1, 0.15) is 0 Å². The summed E-state index contributed by atoms with van der Waals surface area (Å²) in [4.78, 5) is 28.7. The fourth-order valence-corrected chi connectivity index (χ4v) is 2.66. The highest BCUT2D eigenvalue weighted by atomic mass is 16.2. The highest BCUT2D eigenvalue weighted by molar-refractivity contribution is 6.07. The Hall–Kier alpha value is -4.00. The van der Waals surface area contributed by atoms with Gasteiger partial charge in [-0.15, -0.1) is 0 Å². The number of rotatable bonds is 4. The molecule has 0 saturated carbocycles. The van der Waals surface area contributed by atoms with Crippen molar-refractivity contribution in [3.63, 3.8) is 0 Å². The fourth-order valence-electron chi connectivity index (χ4n) is 2.66. The number of anilines is 2. The maximum atomic E-state index is 12.5. The molecular formula is C20H15N5O2. The third-order valence-corrected chi connectivity index (χ3v) is 4.00. The van der Waals surface area contributed by atoms with Gasteiger partial charge < -0.3 is 10.6 Å². The standard InChI is InChI=1S/C20H15N5O2/c26-19(24-17-6-7-18-15(10-17)12-22-25-18)13-3-1-5-16(9-13)23-20(27)14-4-2-8-21-11-14/h1-12H,(H,22,25)(H,23,27)(H,24,26). The molecule has 2 aromatic carbocycles. The summed E-state index contributed by atoms with van der Waals surface area (Å²) < 4.78 is 0. The lowest BCUT2D eigenvalue weighted by Crippen LogP contribution is -2.14. The van der Waals surface area contributed by atoms with Crippen LogP contribution in [0.3, 0.4) is 0 Å². The molecule has 2 aromatic heterocycles. The molecule has 27 heavy (non-hydrogen) atoms. The molecule has 0 atom stereocenters. The topological polar surface area (TPSA) is 99.8 Å². The summed E-state index contributed by atoms with van der Waals surface area (Å²) in [5, 5.41) is 13.3. The van der Waals surface area contributed by atoms with E-state index in [1.54, 1.807) is 54.9 Å². The van der Waals surface area contributed by atoms with E-state index in [1.165, 1.54) is 6.20 Å². The third kappa shape index (κ3) is 3.67. The van der Waals surface area contributed by atoms with E-state index >= 15 is 0 Å². The summed E-state index contributed by atoms with van der Waals surface area (Å²) in [6, 6.07) is 15.6. The highest BCUT2D eigenvalue weighted by Gasteiger charge is 2.10. The molecule has 0 unspecified atom stereocenters. The summed E-state index contributed by atoms with van der Waals surface area (Å²) >= 11 is 0. The Bertz CT molecular complexity index is 1120. The van der Waals surface area contributed by atoms with E-state index in [9.17, 15) is 9.59 Å². The van der Waals surface area contributed by atoms with Crippen molar-refractivity contribution in [2.75, 3.05) is 10.6 Å². The summed E-state index contributed by atoms with van der Waals surface area (Å²) in [5.41, 5.74) is 2.97. The van der Waals surface area contributed by atoms with Crippen molar-refractivity contribution in [1.82, 2.24) is 15.2 Å². The number of carbonyl (C=O) groups is 2. The number of hydrogen-bond donors (Lipinski definition) is 3. The van der Waals surface area contributed by atoms with Crippen LogP contribution in [0.1, 0.15) is 20.7 Å². The second-order valence-electron chi connectivity index (χ2n) is 5.90. The van der Waals surface area contributed by atoms with Gasteiger partial charge in [0.05, 0.1) is 17.3 Å². The van der Waals surface area contributed by atoms with Gasteiger partial charge in [0.25, 0.3) is 11.8 Å². The lowest BCUT2D eigenvalue weighted by atomic mass is 10.1. The molecule has 3 N–H and O–H groups in total. The number of H-pyrrole nitrogens is 1. The van der Waals surface area contributed by atoms with Crippen molar-refractivity contribution < 1.29 is 9.59 Å². The van der Waals surface area contributed by atoms with Gasteiger partial charge in [0, 0.05) is 34.7 Å². The molecule has 0 spiro atoms. The molecule has 7 nitrogen and oxygen atoms in total. The molecular weight excluding hydrogens is 342 g/mol. The molecule has 0 radical (unpaired) electrons. The van der Waals surface area contributed by atoms with Crippen molar-refractivity contribution in [2.24, 2.45) is 0 Å². The molecule has 132 valence electrons. The Morgan fingerprint density at radius 2 is 1.59 bits per heavy atom. The van der Waals surface area contributed by atoms with Crippen molar-refractivity contribution in [1.29, 1.82) is 0 Å². The van der Waals surface area contributed by atoms with Gasteiger partial charge in [-0.25, -0.2) is 0 Å². The zero-order valence-corrected chi connectivity index (χ0v) is 14.1. The maximum absolute atomic E-state index is 12.5. The molecule has 0 aliphatic heterocycles. The van der Waals surface area contributed by atoms with Crippen LogP contribution < -0.4 is 10.6 Å². The van der Waals surface area contributed by atoms with Gasteiger partial charge in [-0.3, -0.25) is 19.7 Å². The van der Waals surface area contributed by atoms with Crippen LogP contribution in [0, 0.1) is 0 Å². The number of amides is 2. The Morgan fingerprint density at radius 3 is 2.41 bits per heavy atom. The SMILES string of the molecule is O=C(Nc1cccc(C(=O)Nc2ccc3[nH]ncc3c2)c1)c1cccnc1. The predicted octanol–water partition coefficient (Wildman–Crippen LogP) is 3.46. The lowest BCUT2D eigenvalue weighted by molar-refractivity contribution is 0.101. The summed E-state index contributed by atoms with van der Waals surface area (Å²) in [6.45, 7) is 0. The van der Waals surface area contributed by atoms with Gasteiger partial charge in [-0.2, -0.15) is 5.10 Å². The van der Waals surface area contributed by atoms with Gasteiger partial charge in [0.15, 0.2) is 0 Å². The van der Waals surface area contributed by atoms with Crippen LogP contribution in [0.25, 0.3) is 10.9 Å². The summed E-state index contributed by atoms with van der Waals surface area (Å²) in [5.74, 6) is -0.554. The number of aromatic nitrogens is 3. The summed E-state index contributed by atoms with van der Waals surface area (Å²) in [6.07, 6.45) is 4.78.